The molecule has 0 radical (unpaired) electrons. The largest absolute Gasteiger partial charge is 0.0719 e. The summed E-state index contributed by atoms with van der Waals surface area (Å²) < 4.78 is 0. The number of allylic oxidation sites excluding steroid dienone is 4. The van der Waals surface area contributed by atoms with Gasteiger partial charge < -0.3 is 0 Å². The highest BCUT2D eigenvalue weighted by atomic mass is 14.5. The first-order chi connectivity index (χ1) is 48.0. The number of fused-ring (bicyclic) bond motifs is 3. The Bertz CT molecular complexity index is 5000. The van der Waals surface area contributed by atoms with Gasteiger partial charge in [-0.25, -0.2) is 0 Å². The van der Waals surface area contributed by atoms with E-state index in [1.165, 1.54) is 139 Å². The Hall–Kier alpha value is -12.2. The van der Waals surface area contributed by atoms with Crippen molar-refractivity contribution in [1.82, 2.24) is 0 Å². The van der Waals surface area contributed by atoms with E-state index in [4.69, 9.17) is 0 Å². The first kappa shape index (κ1) is 58.6. The molecule has 0 heteroatoms. The third kappa shape index (κ3) is 11.4. The summed E-state index contributed by atoms with van der Waals surface area (Å²) in [5.74, 6) is -0.0619. The molecule has 2 aliphatic carbocycles. The highest BCUT2D eigenvalue weighted by Gasteiger charge is 2.48. The predicted octanol–water partition coefficient (Wildman–Crippen LogP) is 25.9. The maximum Gasteiger partial charge on any atom is 0.0711 e. The van der Waals surface area contributed by atoms with Crippen LogP contribution >= 0.6 is 0 Å². The van der Waals surface area contributed by atoms with Crippen LogP contribution in [0, 0.1) is 0 Å². The van der Waals surface area contributed by atoms with Gasteiger partial charge >= 0.3 is 0 Å². The summed E-state index contributed by atoms with van der Waals surface area (Å²) in [5.41, 5.74) is 33.8. The van der Waals surface area contributed by atoms with E-state index < -0.39 is 5.41 Å². The third-order valence-corrected chi connectivity index (χ3v) is 20.0. The van der Waals surface area contributed by atoms with E-state index in [9.17, 15) is 0 Å². The van der Waals surface area contributed by atoms with Crippen molar-refractivity contribution in [2.75, 3.05) is 0 Å². The molecule has 0 aromatic heterocycles. The Balaban J connectivity index is 0.990. The van der Waals surface area contributed by atoms with E-state index in [0.717, 1.165) is 28.7 Å². The minimum Gasteiger partial charge on any atom is -0.0719 e. The highest BCUT2D eigenvalue weighted by Crippen LogP contribution is 2.60. The average molecular weight is 1230 g/mol. The Kier molecular flexibility index (Phi) is 15.5. The molecule has 97 heavy (non-hydrogen) atoms. The Morgan fingerprint density at radius 1 is 0.206 bits per heavy atom. The van der Waals surface area contributed by atoms with Crippen LogP contribution in [0.4, 0.5) is 0 Å². The third-order valence-electron chi connectivity index (χ3n) is 20.0. The molecule has 0 nitrogen and oxygen atoms in total. The molecule has 456 valence electrons. The van der Waals surface area contributed by atoms with E-state index in [-0.39, 0.29) is 5.92 Å². The maximum absolute atomic E-state index is 2.68. The fourth-order valence-electron chi connectivity index (χ4n) is 15.3. The number of hydrogen-bond donors (Lipinski definition) is 0. The monoisotopic (exact) mass is 1230 g/mol. The summed E-state index contributed by atoms with van der Waals surface area (Å²) in [7, 11) is 0. The lowest BCUT2D eigenvalue weighted by molar-refractivity contribution is 0.736. The molecule has 0 heterocycles. The van der Waals surface area contributed by atoms with E-state index in [0.29, 0.717) is 0 Å². The van der Waals surface area contributed by atoms with Crippen molar-refractivity contribution in [2.24, 2.45) is 0 Å². The predicted molar refractivity (Wildman–Crippen MR) is 409 cm³/mol. The quantitative estimate of drug-likeness (QED) is 0.102. The molecule has 0 bridgehead atoms. The number of hydrogen-bond acceptors (Lipinski definition) is 0. The first-order valence-electron chi connectivity index (χ1n) is 33.9. The molecular formula is C97H68. The van der Waals surface area contributed by atoms with Gasteiger partial charge in [0, 0.05) is 5.92 Å². The van der Waals surface area contributed by atoms with Crippen LogP contribution in [0.2, 0.25) is 0 Å². The molecule has 2 aliphatic rings. The van der Waals surface area contributed by atoms with Crippen LogP contribution in [-0.4, -0.2) is 0 Å². The molecular weight excluding hydrogens is 1170 g/mol. The summed E-state index contributed by atoms with van der Waals surface area (Å²) in [6, 6.07) is 143. The molecule has 0 amide bonds. The molecule has 1 unspecified atom stereocenters. The number of benzene rings is 15. The van der Waals surface area contributed by atoms with E-state index in [1.807, 2.05) is 0 Å². The highest BCUT2D eigenvalue weighted by molar-refractivity contribution is 5.93. The van der Waals surface area contributed by atoms with Crippen LogP contribution in [0.3, 0.4) is 0 Å². The zero-order chi connectivity index (χ0) is 64.5. The zero-order valence-corrected chi connectivity index (χ0v) is 53.8. The van der Waals surface area contributed by atoms with E-state index in [2.05, 4.69) is 394 Å². The van der Waals surface area contributed by atoms with Gasteiger partial charge in [0.1, 0.15) is 0 Å². The summed E-state index contributed by atoms with van der Waals surface area (Å²) in [6.45, 7) is 0. The smallest absolute Gasteiger partial charge is 0.0711 e. The van der Waals surface area contributed by atoms with Crippen molar-refractivity contribution in [3.05, 3.63) is 428 Å². The molecule has 0 N–H and O–H groups in total. The lowest BCUT2D eigenvalue weighted by Crippen LogP contribution is -2.30. The van der Waals surface area contributed by atoms with E-state index in [1.54, 1.807) is 0 Å². The first-order valence-corrected chi connectivity index (χ1v) is 33.9. The van der Waals surface area contributed by atoms with Gasteiger partial charge in [-0.3, -0.25) is 0 Å². The summed E-state index contributed by atoms with van der Waals surface area (Å²) in [4.78, 5) is 0. The van der Waals surface area contributed by atoms with Crippen LogP contribution < -0.4 is 0 Å². The van der Waals surface area contributed by atoms with Gasteiger partial charge in [0.15, 0.2) is 0 Å². The topological polar surface area (TPSA) is 0 Å². The van der Waals surface area contributed by atoms with Gasteiger partial charge in [-0.1, -0.05) is 315 Å². The second-order valence-corrected chi connectivity index (χ2v) is 25.9. The minimum absolute atomic E-state index is 0.0619. The zero-order valence-electron chi connectivity index (χ0n) is 53.8. The lowest BCUT2D eigenvalue weighted by Gasteiger charge is -2.38. The molecule has 15 aromatic rings. The molecule has 0 spiro atoms. The van der Waals surface area contributed by atoms with Crippen molar-refractivity contribution < 1.29 is 0 Å². The van der Waals surface area contributed by atoms with Crippen LogP contribution in [0.15, 0.2) is 400 Å². The second-order valence-electron chi connectivity index (χ2n) is 25.9. The summed E-state index contributed by atoms with van der Waals surface area (Å²) in [5, 5.41) is 0. The molecule has 0 saturated heterocycles. The minimum atomic E-state index is -0.848. The molecule has 0 aliphatic heterocycles. The lowest BCUT2D eigenvalue weighted by atomic mass is 9.63. The fourth-order valence-corrected chi connectivity index (χ4v) is 15.3. The van der Waals surface area contributed by atoms with Crippen molar-refractivity contribution in [2.45, 2.75) is 17.8 Å². The Morgan fingerprint density at radius 3 is 0.722 bits per heavy atom. The standard InChI is InChI=1S/C97H68/c1-9-29-67(30-10-1)75-49-76(68-31-11-2-12-32-68)54-83(53-75)87-61-88(84-55-77(69-33-13-3-14-34-69)50-78(56-84)70-35-15-4-16-36-70)64-91(63-87)97(95-47-27-25-45-93(95)94-46-26-28-48-96(94)97)92-65-89(85-57-79(71-37-17-5-18-38-71)51-80(58-85)72-39-19-6-20-40-72)62-90(66-92)86-59-81(73-41-21-7-22-42-73)52-82(60-86)74-43-23-8-24-44-74/h1-61,63-66,89H,62H2. The Labute approximate surface area is 569 Å². The van der Waals surface area contributed by atoms with E-state index >= 15 is 0 Å². The maximum atomic E-state index is 2.68. The average Bonchev–Trinajstić information content (AvgIpc) is 1.57. The van der Waals surface area contributed by atoms with Gasteiger partial charge in [0.2, 0.25) is 0 Å². The molecule has 0 saturated carbocycles. The van der Waals surface area contributed by atoms with Gasteiger partial charge in [0.05, 0.1) is 5.41 Å². The SMILES string of the molecule is C1=C(c2cc(-c3ccccc3)cc(-c3ccccc3)c2)CC(c2cc(-c3ccccc3)cc(-c3ccccc3)c2)C=C1C1(c2cc(-c3cc(-c4ccccc4)cc(-c4ccccc4)c3)cc(-c3cc(-c4ccccc4)cc(-c4ccccc4)c3)c2)c2ccccc2-c2ccccc21. The summed E-state index contributed by atoms with van der Waals surface area (Å²) >= 11 is 0. The number of rotatable bonds is 14. The molecule has 15 aromatic carbocycles. The molecule has 1 atom stereocenters. The van der Waals surface area contributed by atoms with Crippen LogP contribution in [0.1, 0.15) is 40.2 Å². The van der Waals surface area contributed by atoms with Gasteiger partial charge in [-0.15, -0.1) is 0 Å². The van der Waals surface area contributed by atoms with Gasteiger partial charge in [-0.05, 0) is 247 Å². The van der Waals surface area contributed by atoms with Crippen molar-refractivity contribution >= 4 is 5.57 Å². The molecule has 0 fully saturated rings. The van der Waals surface area contributed by atoms with Crippen LogP contribution in [0.25, 0.3) is 128 Å². The van der Waals surface area contributed by atoms with Crippen molar-refractivity contribution in [1.29, 1.82) is 0 Å². The van der Waals surface area contributed by atoms with Crippen LogP contribution in [-0.2, 0) is 5.41 Å². The Morgan fingerprint density at radius 2 is 0.433 bits per heavy atom. The van der Waals surface area contributed by atoms with Crippen molar-refractivity contribution in [3.63, 3.8) is 0 Å². The van der Waals surface area contributed by atoms with Gasteiger partial charge in [-0.2, -0.15) is 0 Å². The summed E-state index contributed by atoms with van der Waals surface area (Å²) in [6.07, 6.45) is 6.07. The second kappa shape index (κ2) is 25.6. The van der Waals surface area contributed by atoms with Crippen molar-refractivity contribution in [3.8, 4) is 122 Å². The molecule has 17 rings (SSSR count). The van der Waals surface area contributed by atoms with Crippen LogP contribution in [0.5, 0.6) is 0 Å². The van der Waals surface area contributed by atoms with Gasteiger partial charge in [0.25, 0.3) is 0 Å². The fraction of sp³-hybridized carbons (Fsp3) is 0.0309. The normalized spacial score (nSPS) is 13.6.